The highest BCUT2D eigenvalue weighted by Crippen LogP contribution is 2.23. The molecule has 0 saturated carbocycles. The summed E-state index contributed by atoms with van der Waals surface area (Å²) in [5.41, 5.74) is 0.514. The number of carbonyl (C=O) groups is 2. The Morgan fingerprint density at radius 2 is 1.68 bits per heavy atom. The summed E-state index contributed by atoms with van der Waals surface area (Å²) < 4.78 is 44.3. The molecule has 0 aliphatic rings. The minimum Gasteiger partial charge on any atom is -0.497 e. The van der Waals surface area contributed by atoms with Crippen LogP contribution in [0.25, 0.3) is 0 Å². The molecule has 9 heteroatoms. The Kier molecular flexibility index (Phi) is 7.55. The maximum absolute atomic E-state index is 12.4. The van der Waals surface area contributed by atoms with Crippen molar-refractivity contribution >= 4 is 11.9 Å². The van der Waals surface area contributed by atoms with Gasteiger partial charge in [-0.15, -0.1) is 0 Å². The van der Waals surface area contributed by atoms with Gasteiger partial charge in [0.1, 0.15) is 30.4 Å². The lowest BCUT2D eigenvalue weighted by atomic mass is 10.2. The van der Waals surface area contributed by atoms with Gasteiger partial charge in [0, 0.05) is 17.2 Å². The van der Waals surface area contributed by atoms with Crippen LogP contribution in [0.3, 0.4) is 0 Å². The van der Waals surface area contributed by atoms with E-state index in [1.54, 1.807) is 12.1 Å². The van der Waals surface area contributed by atoms with E-state index in [9.17, 15) is 18.4 Å². The first-order valence-corrected chi connectivity index (χ1v) is 8.12. The second-order valence-corrected chi connectivity index (χ2v) is 5.43. The molecular weight excluding hydrogens is 376 g/mol. The number of para-hydroxylation sites is 1. The van der Waals surface area contributed by atoms with E-state index in [0.29, 0.717) is 11.5 Å². The second kappa shape index (κ2) is 10.1. The van der Waals surface area contributed by atoms with Crippen LogP contribution in [0.1, 0.15) is 15.9 Å². The largest absolute Gasteiger partial charge is 0.497 e. The number of nitrogens with one attached hydrogen (secondary N) is 1. The summed E-state index contributed by atoms with van der Waals surface area (Å²) in [7, 11) is 2.90. The number of rotatable bonds is 9. The van der Waals surface area contributed by atoms with E-state index >= 15 is 0 Å². The minimum atomic E-state index is -2.99. The first-order valence-electron chi connectivity index (χ1n) is 8.12. The highest BCUT2D eigenvalue weighted by molar-refractivity contribution is 5.96. The highest BCUT2D eigenvalue weighted by atomic mass is 19.3. The minimum absolute atomic E-state index is 0.0854. The summed E-state index contributed by atoms with van der Waals surface area (Å²) in [5.74, 6) is -0.520. The molecular formula is C19H19F2NO6. The van der Waals surface area contributed by atoms with E-state index in [2.05, 4.69) is 10.1 Å². The van der Waals surface area contributed by atoms with Crippen molar-refractivity contribution in [3.05, 3.63) is 53.6 Å². The Balaban J connectivity index is 1.90. The summed E-state index contributed by atoms with van der Waals surface area (Å²) in [6.45, 7) is -3.67. The number of esters is 1. The standard InChI is InChI=1S/C19H19F2NO6/c1-25-14-7-13(8-15(9-14)26-2)18(24)22-10-17(23)27-11-12-5-3-4-6-16(12)28-19(20)21/h3-9,19H,10-11H2,1-2H3,(H,22,24). The monoisotopic (exact) mass is 395 g/mol. The Hall–Kier alpha value is -3.36. The van der Waals surface area contributed by atoms with E-state index in [-0.39, 0.29) is 23.5 Å². The van der Waals surface area contributed by atoms with Gasteiger partial charge in [0.15, 0.2) is 0 Å². The smallest absolute Gasteiger partial charge is 0.387 e. The van der Waals surface area contributed by atoms with Gasteiger partial charge >= 0.3 is 12.6 Å². The number of alkyl halides is 2. The van der Waals surface area contributed by atoms with Crippen molar-refractivity contribution in [2.75, 3.05) is 20.8 Å². The average molecular weight is 395 g/mol. The fourth-order valence-electron chi connectivity index (χ4n) is 2.24. The fourth-order valence-corrected chi connectivity index (χ4v) is 2.24. The molecule has 0 aromatic heterocycles. The van der Waals surface area contributed by atoms with Gasteiger partial charge in [0.05, 0.1) is 14.2 Å². The van der Waals surface area contributed by atoms with Gasteiger partial charge in [-0.2, -0.15) is 8.78 Å². The Morgan fingerprint density at radius 1 is 1.04 bits per heavy atom. The van der Waals surface area contributed by atoms with Crippen LogP contribution in [-0.2, 0) is 16.1 Å². The molecule has 0 aliphatic heterocycles. The van der Waals surface area contributed by atoms with E-state index in [1.807, 2.05) is 0 Å². The summed E-state index contributed by atoms with van der Waals surface area (Å²) >= 11 is 0. The van der Waals surface area contributed by atoms with E-state index < -0.39 is 25.0 Å². The SMILES string of the molecule is COc1cc(OC)cc(C(=O)NCC(=O)OCc2ccccc2OC(F)F)c1. The Labute approximate surface area is 160 Å². The molecule has 0 radical (unpaired) electrons. The van der Waals surface area contributed by atoms with Crippen molar-refractivity contribution in [1.82, 2.24) is 5.32 Å². The summed E-state index contributed by atoms with van der Waals surface area (Å²) in [6, 6.07) is 10.5. The molecule has 2 aromatic rings. The van der Waals surface area contributed by atoms with Crippen LogP contribution in [0, 0.1) is 0 Å². The van der Waals surface area contributed by atoms with Gasteiger partial charge < -0.3 is 24.3 Å². The lowest BCUT2D eigenvalue weighted by Gasteiger charge is -2.11. The van der Waals surface area contributed by atoms with Gasteiger partial charge in [-0.3, -0.25) is 9.59 Å². The first kappa shape index (κ1) is 20.9. The quantitative estimate of drug-likeness (QED) is 0.658. The molecule has 1 amide bonds. The van der Waals surface area contributed by atoms with Crippen LogP contribution in [0.2, 0.25) is 0 Å². The van der Waals surface area contributed by atoms with Crippen LogP contribution in [0.5, 0.6) is 17.2 Å². The van der Waals surface area contributed by atoms with Crippen molar-refractivity contribution in [3.63, 3.8) is 0 Å². The van der Waals surface area contributed by atoms with Gasteiger partial charge in [-0.05, 0) is 18.2 Å². The number of methoxy groups -OCH3 is 2. The molecule has 2 aromatic carbocycles. The zero-order chi connectivity index (χ0) is 20.5. The molecule has 0 fully saturated rings. The molecule has 2 rings (SSSR count). The van der Waals surface area contributed by atoms with Crippen molar-refractivity contribution in [2.24, 2.45) is 0 Å². The lowest BCUT2D eigenvalue weighted by molar-refractivity contribution is -0.143. The van der Waals surface area contributed by atoms with Gasteiger partial charge in [0.25, 0.3) is 5.91 Å². The third-order valence-electron chi connectivity index (χ3n) is 3.58. The molecule has 0 atom stereocenters. The molecule has 150 valence electrons. The number of halogens is 2. The first-order chi connectivity index (χ1) is 13.4. The topological polar surface area (TPSA) is 83.1 Å². The van der Waals surface area contributed by atoms with Crippen molar-refractivity contribution in [1.29, 1.82) is 0 Å². The van der Waals surface area contributed by atoms with Crippen LogP contribution in [-0.4, -0.2) is 39.3 Å². The molecule has 1 N–H and O–H groups in total. The Morgan fingerprint density at radius 3 is 2.29 bits per heavy atom. The predicted octanol–water partition coefficient (Wildman–Crippen LogP) is 2.78. The van der Waals surface area contributed by atoms with E-state index in [4.69, 9.17) is 14.2 Å². The molecule has 0 saturated heterocycles. The highest BCUT2D eigenvalue weighted by Gasteiger charge is 2.14. The molecule has 0 bridgehead atoms. The number of ether oxygens (including phenoxy) is 4. The molecule has 28 heavy (non-hydrogen) atoms. The molecule has 7 nitrogen and oxygen atoms in total. The maximum atomic E-state index is 12.4. The van der Waals surface area contributed by atoms with Crippen LogP contribution < -0.4 is 19.5 Å². The summed E-state index contributed by atoms with van der Waals surface area (Å²) in [4.78, 5) is 24.1. The number of carbonyl (C=O) groups excluding carboxylic acids is 2. The van der Waals surface area contributed by atoms with Gasteiger partial charge in [0.2, 0.25) is 0 Å². The van der Waals surface area contributed by atoms with E-state index in [1.165, 1.54) is 44.6 Å². The number of amides is 1. The lowest BCUT2D eigenvalue weighted by Crippen LogP contribution is -2.30. The third-order valence-corrected chi connectivity index (χ3v) is 3.58. The van der Waals surface area contributed by atoms with Crippen molar-refractivity contribution in [3.8, 4) is 17.2 Å². The second-order valence-electron chi connectivity index (χ2n) is 5.43. The predicted molar refractivity (Wildman–Crippen MR) is 94.7 cm³/mol. The van der Waals surface area contributed by atoms with Gasteiger partial charge in [-0.1, -0.05) is 18.2 Å². The van der Waals surface area contributed by atoms with Crippen LogP contribution >= 0.6 is 0 Å². The zero-order valence-corrected chi connectivity index (χ0v) is 15.2. The molecule has 0 heterocycles. The number of hydrogen-bond donors (Lipinski definition) is 1. The third kappa shape index (κ3) is 6.11. The molecule has 0 spiro atoms. The Bertz CT molecular complexity index is 806. The number of hydrogen-bond acceptors (Lipinski definition) is 6. The average Bonchev–Trinajstić information content (AvgIpc) is 2.70. The summed E-state index contributed by atoms with van der Waals surface area (Å²) in [6.07, 6.45) is 0. The zero-order valence-electron chi connectivity index (χ0n) is 15.2. The fraction of sp³-hybridized carbons (Fsp3) is 0.263. The summed E-state index contributed by atoms with van der Waals surface area (Å²) in [5, 5.41) is 2.41. The number of benzene rings is 2. The normalized spacial score (nSPS) is 10.3. The van der Waals surface area contributed by atoms with Crippen LogP contribution in [0.15, 0.2) is 42.5 Å². The molecule has 0 aliphatic carbocycles. The van der Waals surface area contributed by atoms with Crippen LogP contribution in [0.4, 0.5) is 8.78 Å². The van der Waals surface area contributed by atoms with E-state index in [0.717, 1.165) is 0 Å². The molecule has 0 unspecified atom stereocenters. The van der Waals surface area contributed by atoms with Crippen molar-refractivity contribution in [2.45, 2.75) is 13.2 Å². The van der Waals surface area contributed by atoms with Crippen molar-refractivity contribution < 1.29 is 37.3 Å². The van der Waals surface area contributed by atoms with Gasteiger partial charge in [-0.25, -0.2) is 0 Å². The maximum Gasteiger partial charge on any atom is 0.387 e.